The summed E-state index contributed by atoms with van der Waals surface area (Å²) >= 11 is 0. The van der Waals surface area contributed by atoms with Crippen LogP contribution in [0.3, 0.4) is 0 Å². The van der Waals surface area contributed by atoms with Gasteiger partial charge in [-0.25, -0.2) is 0 Å². The number of amides is 1. The molecule has 3 nitrogen and oxygen atoms in total. The fourth-order valence-corrected chi connectivity index (χ4v) is 2.32. The van der Waals surface area contributed by atoms with Crippen molar-refractivity contribution >= 4 is 17.3 Å². The molecule has 110 valence electrons. The molecule has 0 fully saturated rings. The van der Waals surface area contributed by atoms with E-state index in [-0.39, 0.29) is 5.91 Å². The van der Waals surface area contributed by atoms with Crippen molar-refractivity contribution in [3.05, 3.63) is 59.2 Å². The van der Waals surface area contributed by atoms with Gasteiger partial charge in [0.25, 0.3) is 0 Å². The van der Waals surface area contributed by atoms with Gasteiger partial charge in [0.15, 0.2) is 0 Å². The number of nitrogens with zero attached hydrogens (tertiary/aromatic N) is 1. The van der Waals surface area contributed by atoms with Gasteiger partial charge in [-0.15, -0.1) is 0 Å². The number of likely N-dealkylation sites (N-methyl/N-ethyl adjacent to an activating group) is 1. The van der Waals surface area contributed by atoms with Crippen LogP contribution >= 0.6 is 0 Å². The third-order valence-corrected chi connectivity index (χ3v) is 3.36. The van der Waals surface area contributed by atoms with Gasteiger partial charge in [0.1, 0.15) is 0 Å². The molecule has 0 spiro atoms. The zero-order valence-electron chi connectivity index (χ0n) is 13.1. The summed E-state index contributed by atoms with van der Waals surface area (Å²) in [4.78, 5) is 14.1. The number of benzene rings is 2. The van der Waals surface area contributed by atoms with E-state index >= 15 is 0 Å². The molecule has 2 rings (SSSR count). The zero-order chi connectivity index (χ0) is 15.4. The highest BCUT2D eigenvalue weighted by molar-refractivity contribution is 5.94. The lowest BCUT2D eigenvalue weighted by molar-refractivity contribution is -0.114. The highest BCUT2D eigenvalue weighted by atomic mass is 16.2. The Balaban J connectivity index is 2.00. The second-order valence-electron chi connectivity index (χ2n) is 5.62. The minimum Gasteiger partial charge on any atom is -0.365 e. The second-order valence-corrected chi connectivity index (χ2v) is 5.62. The fraction of sp³-hybridized carbons (Fsp3) is 0.278. The fourth-order valence-electron chi connectivity index (χ4n) is 2.32. The lowest BCUT2D eigenvalue weighted by Gasteiger charge is -2.20. The highest BCUT2D eigenvalue weighted by Gasteiger charge is 2.08. The van der Waals surface area contributed by atoms with Crippen molar-refractivity contribution in [2.24, 2.45) is 0 Å². The van der Waals surface area contributed by atoms with Crippen molar-refractivity contribution in [1.29, 1.82) is 0 Å². The van der Waals surface area contributed by atoms with E-state index in [0.717, 1.165) is 11.4 Å². The highest BCUT2D eigenvalue weighted by Crippen LogP contribution is 2.17. The third-order valence-electron chi connectivity index (χ3n) is 3.36. The van der Waals surface area contributed by atoms with Crippen LogP contribution in [-0.2, 0) is 4.79 Å². The predicted octanol–water partition coefficient (Wildman–Crippen LogP) is 3.69. The van der Waals surface area contributed by atoms with Gasteiger partial charge in [-0.05, 0) is 56.2 Å². The van der Waals surface area contributed by atoms with Crippen LogP contribution in [0.4, 0.5) is 11.4 Å². The van der Waals surface area contributed by atoms with Gasteiger partial charge in [0, 0.05) is 18.4 Å². The molecule has 0 aliphatic rings. The van der Waals surface area contributed by atoms with Gasteiger partial charge < -0.3 is 10.2 Å². The number of anilines is 2. The van der Waals surface area contributed by atoms with Gasteiger partial charge in [0.2, 0.25) is 5.91 Å². The molecule has 2 aromatic rings. The number of hydrogen-bond acceptors (Lipinski definition) is 2. The summed E-state index contributed by atoms with van der Waals surface area (Å²) in [5.74, 6) is -0.0134. The molecule has 0 bridgehead atoms. The number of carbonyl (C=O) groups is 1. The Hall–Kier alpha value is -2.29. The first-order valence-electron chi connectivity index (χ1n) is 7.10. The molecule has 0 saturated carbocycles. The van der Waals surface area contributed by atoms with E-state index in [1.807, 2.05) is 43.1 Å². The monoisotopic (exact) mass is 282 g/mol. The summed E-state index contributed by atoms with van der Waals surface area (Å²) in [6.45, 7) is 6.49. The molecule has 0 heterocycles. The minimum absolute atomic E-state index is 0.0134. The van der Waals surface area contributed by atoms with Crippen LogP contribution in [0.2, 0.25) is 0 Å². The van der Waals surface area contributed by atoms with E-state index in [4.69, 9.17) is 0 Å². The summed E-state index contributed by atoms with van der Waals surface area (Å²) in [5.41, 5.74) is 5.48. The van der Waals surface area contributed by atoms with Gasteiger partial charge in [-0.3, -0.25) is 4.79 Å². The Morgan fingerprint density at radius 3 is 2.10 bits per heavy atom. The van der Waals surface area contributed by atoms with Crippen molar-refractivity contribution in [2.45, 2.75) is 20.8 Å². The molecule has 0 radical (unpaired) electrons. The molecule has 3 heteroatoms. The number of aryl methyl sites for hydroxylation is 3. The average molecular weight is 282 g/mol. The largest absolute Gasteiger partial charge is 0.365 e. The lowest BCUT2D eigenvalue weighted by Crippen LogP contribution is -2.30. The molecule has 21 heavy (non-hydrogen) atoms. The summed E-state index contributed by atoms with van der Waals surface area (Å²) in [6, 6.07) is 14.1. The number of hydrogen-bond donors (Lipinski definition) is 1. The molecule has 0 aliphatic heterocycles. The molecule has 0 aromatic heterocycles. The molecule has 0 aliphatic carbocycles. The molecule has 1 N–H and O–H groups in total. The quantitative estimate of drug-likeness (QED) is 0.927. The number of rotatable bonds is 4. The van der Waals surface area contributed by atoms with Crippen LogP contribution in [0.1, 0.15) is 16.7 Å². The summed E-state index contributed by atoms with van der Waals surface area (Å²) in [5, 5.41) is 2.92. The van der Waals surface area contributed by atoms with E-state index in [1.54, 1.807) is 0 Å². The molecule has 0 atom stereocenters. The Morgan fingerprint density at radius 1 is 0.952 bits per heavy atom. The summed E-state index contributed by atoms with van der Waals surface area (Å²) in [6.07, 6.45) is 0. The number of carbonyl (C=O) groups excluding carboxylic acids is 1. The van der Waals surface area contributed by atoms with E-state index in [9.17, 15) is 4.79 Å². The summed E-state index contributed by atoms with van der Waals surface area (Å²) < 4.78 is 0. The normalized spacial score (nSPS) is 10.3. The predicted molar refractivity (Wildman–Crippen MR) is 89.0 cm³/mol. The maximum atomic E-state index is 12.1. The molecular weight excluding hydrogens is 260 g/mol. The zero-order valence-corrected chi connectivity index (χ0v) is 13.1. The first-order chi connectivity index (χ1) is 9.94. The molecular formula is C18H22N2O. The van der Waals surface area contributed by atoms with Crippen molar-refractivity contribution in [2.75, 3.05) is 23.8 Å². The van der Waals surface area contributed by atoms with Gasteiger partial charge in [-0.1, -0.05) is 23.8 Å². The molecule has 0 unspecified atom stereocenters. The van der Waals surface area contributed by atoms with Gasteiger partial charge >= 0.3 is 0 Å². The van der Waals surface area contributed by atoms with Crippen LogP contribution in [0.25, 0.3) is 0 Å². The first-order valence-corrected chi connectivity index (χ1v) is 7.10. The maximum absolute atomic E-state index is 12.1. The van der Waals surface area contributed by atoms with E-state index in [1.165, 1.54) is 16.7 Å². The average Bonchev–Trinajstić information content (AvgIpc) is 2.40. The molecule has 2 aromatic carbocycles. The van der Waals surface area contributed by atoms with E-state index < -0.39 is 0 Å². The SMILES string of the molecule is Cc1ccc(NC(=O)CN(C)c2cc(C)cc(C)c2)cc1. The molecule has 1 amide bonds. The van der Waals surface area contributed by atoms with Crippen LogP contribution in [0.5, 0.6) is 0 Å². The molecule has 0 saturated heterocycles. The Bertz CT molecular complexity index is 612. The lowest BCUT2D eigenvalue weighted by atomic mass is 10.1. The van der Waals surface area contributed by atoms with Crippen molar-refractivity contribution in [3.8, 4) is 0 Å². The topological polar surface area (TPSA) is 32.3 Å². The standard InChI is InChI=1S/C18H22N2O/c1-13-5-7-16(8-6-13)19-18(21)12-20(4)17-10-14(2)9-15(3)11-17/h5-11H,12H2,1-4H3,(H,19,21). The Morgan fingerprint density at radius 2 is 1.52 bits per heavy atom. The van der Waals surface area contributed by atoms with E-state index in [0.29, 0.717) is 6.54 Å². The minimum atomic E-state index is -0.0134. The Kier molecular flexibility index (Phi) is 4.63. The van der Waals surface area contributed by atoms with Crippen LogP contribution in [0.15, 0.2) is 42.5 Å². The first kappa shape index (κ1) is 15.1. The van der Waals surface area contributed by atoms with Crippen molar-refractivity contribution in [1.82, 2.24) is 0 Å². The summed E-state index contributed by atoms with van der Waals surface area (Å²) in [7, 11) is 1.93. The van der Waals surface area contributed by atoms with Crippen LogP contribution in [-0.4, -0.2) is 19.5 Å². The van der Waals surface area contributed by atoms with Crippen LogP contribution in [0, 0.1) is 20.8 Å². The number of nitrogens with one attached hydrogen (secondary N) is 1. The van der Waals surface area contributed by atoms with Gasteiger partial charge in [-0.2, -0.15) is 0 Å². The van der Waals surface area contributed by atoms with E-state index in [2.05, 4.69) is 37.4 Å². The smallest absolute Gasteiger partial charge is 0.243 e. The van der Waals surface area contributed by atoms with Crippen LogP contribution < -0.4 is 10.2 Å². The van der Waals surface area contributed by atoms with Crippen molar-refractivity contribution < 1.29 is 4.79 Å². The van der Waals surface area contributed by atoms with Gasteiger partial charge in [0.05, 0.1) is 6.54 Å². The second kappa shape index (κ2) is 6.44. The third kappa shape index (κ3) is 4.35. The maximum Gasteiger partial charge on any atom is 0.243 e. The Labute approximate surface area is 126 Å². The van der Waals surface area contributed by atoms with Crippen molar-refractivity contribution in [3.63, 3.8) is 0 Å².